The highest BCUT2D eigenvalue weighted by atomic mass is 19.2. The number of halogens is 3. The molecule has 11 heteroatoms. The van der Waals surface area contributed by atoms with E-state index < -0.39 is 17.5 Å². The molecule has 222 valence electrons. The first-order valence-electron chi connectivity index (χ1n) is 14.8. The maximum absolute atomic E-state index is 16.6. The molecule has 5 aliphatic heterocycles. The van der Waals surface area contributed by atoms with Crippen LogP contribution < -0.4 is 15.0 Å². The molecule has 43 heavy (non-hydrogen) atoms. The molecule has 5 aliphatic rings. The number of aromatic nitrogens is 3. The van der Waals surface area contributed by atoms with Crippen LogP contribution in [0, 0.1) is 17.5 Å². The Hall–Kier alpha value is -3.96. The summed E-state index contributed by atoms with van der Waals surface area (Å²) in [5.74, 6) is -2.72. The molecule has 8 nitrogen and oxygen atoms in total. The van der Waals surface area contributed by atoms with Crippen LogP contribution in [0.4, 0.5) is 19.0 Å². The molecule has 9 rings (SSSR count). The van der Waals surface area contributed by atoms with E-state index in [1.165, 1.54) is 30.0 Å². The van der Waals surface area contributed by atoms with Crippen molar-refractivity contribution in [2.24, 2.45) is 0 Å². The number of pyridine rings is 1. The van der Waals surface area contributed by atoms with E-state index in [4.69, 9.17) is 9.72 Å². The third kappa shape index (κ3) is 4.23. The van der Waals surface area contributed by atoms with E-state index in [1.807, 2.05) is 0 Å². The van der Waals surface area contributed by atoms with Gasteiger partial charge in [0, 0.05) is 48.9 Å². The van der Waals surface area contributed by atoms with E-state index in [9.17, 15) is 9.50 Å². The summed E-state index contributed by atoms with van der Waals surface area (Å²) in [7, 11) is 0. The minimum atomic E-state index is -1.14. The van der Waals surface area contributed by atoms with Crippen molar-refractivity contribution in [1.82, 2.24) is 25.2 Å². The Balaban J connectivity index is 1.28. The van der Waals surface area contributed by atoms with Gasteiger partial charge in [-0.1, -0.05) is 18.2 Å². The highest BCUT2D eigenvalue weighted by Gasteiger charge is 2.46. The van der Waals surface area contributed by atoms with Gasteiger partial charge in [-0.25, -0.2) is 13.2 Å². The van der Waals surface area contributed by atoms with Crippen LogP contribution in [0.25, 0.3) is 32.9 Å². The molecule has 2 N–H and O–H groups in total. The highest BCUT2D eigenvalue weighted by Crippen LogP contribution is 2.42. The van der Waals surface area contributed by atoms with E-state index in [2.05, 4.69) is 31.7 Å². The van der Waals surface area contributed by atoms with Gasteiger partial charge in [-0.2, -0.15) is 9.97 Å². The van der Waals surface area contributed by atoms with Crippen LogP contribution in [0.3, 0.4) is 0 Å². The number of anilines is 1. The first-order chi connectivity index (χ1) is 20.8. The van der Waals surface area contributed by atoms with Crippen molar-refractivity contribution in [3.63, 3.8) is 0 Å². The topological polar surface area (TPSA) is 86.6 Å². The lowest BCUT2D eigenvalue weighted by atomic mass is 9.93. The number of aromatic hydroxyl groups is 1. The number of hydrogen-bond donors (Lipinski definition) is 2. The zero-order valence-electron chi connectivity index (χ0n) is 23.5. The van der Waals surface area contributed by atoms with Crippen LogP contribution in [0.2, 0.25) is 0 Å². The van der Waals surface area contributed by atoms with Crippen molar-refractivity contribution in [1.29, 1.82) is 0 Å². The molecule has 0 amide bonds. The number of piperazine rings is 1. The molecule has 2 aromatic carbocycles. The molecule has 2 aromatic heterocycles. The number of nitrogens with zero attached hydrogens (tertiary/aromatic N) is 5. The van der Waals surface area contributed by atoms with Crippen molar-refractivity contribution >= 4 is 27.5 Å². The summed E-state index contributed by atoms with van der Waals surface area (Å²) in [6.07, 6.45) is 6.40. The van der Waals surface area contributed by atoms with Gasteiger partial charge in [0.25, 0.3) is 0 Å². The average molecular weight is 589 g/mol. The Bertz CT molecular complexity index is 1810. The Labute approximate surface area is 246 Å². The monoisotopic (exact) mass is 588 g/mol. The van der Waals surface area contributed by atoms with E-state index in [-0.39, 0.29) is 50.9 Å². The van der Waals surface area contributed by atoms with Crippen LogP contribution in [-0.2, 0) is 0 Å². The smallest absolute Gasteiger partial charge is 0.319 e. The first kappa shape index (κ1) is 26.7. The van der Waals surface area contributed by atoms with Crippen molar-refractivity contribution < 1.29 is 23.0 Å². The van der Waals surface area contributed by atoms with Crippen LogP contribution in [0.5, 0.6) is 11.8 Å². The van der Waals surface area contributed by atoms with Gasteiger partial charge < -0.3 is 20.1 Å². The van der Waals surface area contributed by atoms with Crippen molar-refractivity contribution in [3.8, 4) is 23.0 Å². The second-order valence-electron chi connectivity index (χ2n) is 12.4. The molecule has 3 atom stereocenters. The normalized spacial score (nSPS) is 25.3. The maximum atomic E-state index is 16.6. The van der Waals surface area contributed by atoms with Gasteiger partial charge in [-0.05, 0) is 62.2 Å². The number of hydrogen-bond acceptors (Lipinski definition) is 8. The van der Waals surface area contributed by atoms with Gasteiger partial charge in [0.15, 0.2) is 17.5 Å². The molecular formula is C32H31F3N6O2. The molecule has 2 bridgehead atoms. The first-order valence-corrected chi connectivity index (χ1v) is 14.8. The Kier molecular flexibility index (Phi) is 6.06. The fourth-order valence-electron chi connectivity index (χ4n) is 7.67. The largest absolute Gasteiger partial charge is 0.508 e. The van der Waals surface area contributed by atoms with Gasteiger partial charge in [0.1, 0.15) is 29.4 Å². The van der Waals surface area contributed by atoms with Gasteiger partial charge >= 0.3 is 6.01 Å². The predicted molar refractivity (Wildman–Crippen MR) is 157 cm³/mol. The van der Waals surface area contributed by atoms with E-state index >= 15 is 8.78 Å². The maximum Gasteiger partial charge on any atom is 0.319 e. The van der Waals surface area contributed by atoms with Gasteiger partial charge in [0.05, 0.1) is 10.9 Å². The number of rotatable bonds is 5. The zero-order chi connectivity index (χ0) is 29.5. The Morgan fingerprint density at radius 2 is 2.02 bits per heavy atom. The summed E-state index contributed by atoms with van der Waals surface area (Å²) in [6, 6.07) is 5.33. The average Bonchev–Trinajstić information content (AvgIpc) is 3.54. The Morgan fingerprint density at radius 3 is 2.81 bits per heavy atom. The molecular weight excluding hydrogens is 557 g/mol. The summed E-state index contributed by atoms with van der Waals surface area (Å²) in [5, 5.41) is 14.4. The third-order valence-electron chi connectivity index (χ3n) is 9.72. The summed E-state index contributed by atoms with van der Waals surface area (Å²) in [5.41, 5.74) is 0.657. The lowest BCUT2D eigenvalue weighted by Crippen LogP contribution is -2.61. The number of benzene rings is 2. The van der Waals surface area contributed by atoms with Crippen molar-refractivity contribution in [2.75, 3.05) is 37.7 Å². The van der Waals surface area contributed by atoms with Gasteiger partial charge in [-0.3, -0.25) is 9.88 Å². The third-order valence-corrected chi connectivity index (χ3v) is 9.72. The number of nitrogens with one attached hydrogen (secondary N) is 1. The fourth-order valence-corrected chi connectivity index (χ4v) is 7.67. The lowest BCUT2D eigenvalue weighted by molar-refractivity contribution is 0.108. The van der Waals surface area contributed by atoms with Gasteiger partial charge in [0.2, 0.25) is 0 Å². The minimum Gasteiger partial charge on any atom is -0.508 e. The number of phenols is 1. The second-order valence-corrected chi connectivity index (χ2v) is 12.4. The molecule has 5 saturated heterocycles. The van der Waals surface area contributed by atoms with Crippen molar-refractivity contribution in [2.45, 2.75) is 49.7 Å². The lowest BCUT2D eigenvalue weighted by Gasteiger charge is -2.46. The van der Waals surface area contributed by atoms with Gasteiger partial charge in [-0.15, -0.1) is 0 Å². The van der Waals surface area contributed by atoms with Crippen LogP contribution >= 0.6 is 0 Å². The molecule has 0 saturated carbocycles. The molecule has 0 radical (unpaired) electrons. The summed E-state index contributed by atoms with van der Waals surface area (Å²) in [4.78, 5) is 18.4. The van der Waals surface area contributed by atoms with E-state index in [0.29, 0.717) is 30.4 Å². The highest BCUT2D eigenvalue weighted by molar-refractivity contribution is 6.00. The number of piperidine rings is 2. The molecule has 7 heterocycles. The second kappa shape index (κ2) is 9.78. The number of phenolic OH excluding ortho intramolecular Hbond substituents is 1. The minimum absolute atomic E-state index is 0.0238. The fraction of sp³-hybridized carbons (Fsp3) is 0.406. The Morgan fingerprint density at radius 1 is 1.14 bits per heavy atom. The standard InChI is InChI=1S/C32H31F3N6O2/c1-17-11-32(7-2-8-40(32)14-17)16-43-31-38-29-23(30(39-31)41-15-19-4-5-20(41)12-36-19)13-37-28(27(29)35)22-10-21(42)9-18-3-6-24(33)26(34)25(18)22/h3,6,9-10,13,19-20,36,42H,1-2,4-5,7-8,11-12,14-16H2. The number of fused-ring (bicyclic) bond motifs is 6. The van der Waals surface area contributed by atoms with Crippen LogP contribution in [-0.4, -0.2) is 75.4 Å². The van der Waals surface area contributed by atoms with Crippen molar-refractivity contribution in [3.05, 3.63) is 60.1 Å². The molecule has 0 spiro atoms. The zero-order valence-corrected chi connectivity index (χ0v) is 23.5. The van der Waals surface area contributed by atoms with Crippen LogP contribution in [0.15, 0.2) is 42.6 Å². The summed E-state index contributed by atoms with van der Waals surface area (Å²) in [6.45, 7) is 7.87. The molecule has 5 fully saturated rings. The quantitative estimate of drug-likeness (QED) is 0.312. The SMILES string of the molecule is C=C1CN2CCCC2(COc2nc(N3CC4CCC3CN4)c3cnc(-c4cc(O)cc5ccc(F)c(F)c45)c(F)c3n2)C1. The summed E-state index contributed by atoms with van der Waals surface area (Å²) < 4.78 is 52.3. The predicted octanol–water partition coefficient (Wildman–Crippen LogP) is 5.08. The number of ether oxygens (including phenoxy) is 1. The molecule has 3 unspecified atom stereocenters. The van der Waals surface area contributed by atoms with Crippen LogP contribution in [0.1, 0.15) is 32.1 Å². The van der Waals surface area contributed by atoms with E-state index in [0.717, 1.165) is 57.8 Å². The summed E-state index contributed by atoms with van der Waals surface area (Å²) >= 11 is 0. The molecule has 0 aliphatic carbocycles. The van der Waals surface area contributed by atoms with E-state index in [1.54, 1.807) is 0 Å². The molecule has 4 aromatic rings.